The molecule has 2 rings (SSSR count). The van der Waals surface area contributed by atoms with Crippen LogP contribution in [0.5, 0.6) is 0 Å². The molecule has 80 valence electrons. The number of aromatic nitrogens is 1. The summed E-state index contributed by atoms with van der Waals surface area (Å²) in [6.07, 6.45) is 4.03. The zero-order valence-corrected chi connectivity index (χ0v) is 8.68. The molecule has 1 N–H and O–H groups in total. The van der Waals surface area contributed by atoms with Crippen LogP contribution in [0, 0.1) is 5.92 Å². The third kappa shape index (κ3) is 2.26. The number of carboxylic acid groups (broad SMARTS) is 1. The topological polar surface area (TPSA) is 53.4 Å². The maximum atomic E-state index is 10.9. The van der Waals surface area contributed by atoms with Gasteiger partial charge in [-0.05, 0) is 30.9 Å². The first-order chi connectivity index (χ1) is 7.18. The number of hydrogen-bond acceptors (Lipinski definition) is 3. The minimum Gasteiger partial charge on any atom is -0.476 e. The van der Waals surface area contributed by atoms with Crippen molar-refractivity contribution in [1.82, 2.24) is 4.98 Å². The first-order valence-corrected chi connectivity index (χ1v) is 5.08. The second-order valence-electron chi connectivity index (χ2n) is 4.00. The van der Waals surface area contributed by atoms with Crippen LogP contribution in [0.3, 0.4) is 0 Å². The quantitative estimate of drug-likeness (QED) is 0.813. The van der Waals surface area contributed by atoms with E-state index in [0.29, 0.717) is 5.69 Å². The molecule has 0 radical (unpaired) electrons. The standard InChI is InChI=1S/C11H14N2O2/c1-13(7-8-4-5-8)9-3-2-6-12-10(9)11(14)15/h2-3,6,8H,4-5,7H2,1H3,(H,14,15). The van der Waals surface area contributed by atoms with Crippen LogP contribution in [0.25, 0.3) is 0 Å². The van der Waals surface area contributed by atoms with Crippen molar-refractivity contribution in [3.05, 3.63) is 24.0 Å². The number of anilines is 1. The predicted molar refractivity (Wildman–Crippen MR) is 57.2 cm³/mol. The Morgan fingerprint density at radius 3 is 3.00 bits per heavy atom. The van der Waals surface area contributed by atoms with Crippen molar-refractivity contribution in [3.8, 4) is 0 Å². The lowest BCUT2D eigenvalue weighted by Crippen LogP contribution is -2.22. The fourth-order valence-electron chi connectivity index (χ4n) is 1.66. The van der Waals surface area contributed by atoms with Crippen molar-refractivity contribution in [1.29, 1.82) is 0 Å². The Balaban J connectivity index is 2.20. The third-order valence-corrected chi connectivity index (χ3v) is 2.63. The van der Waals surface area contributed by atoms with E-state index in [1.54, 1.807) is 12.1 Å². The minimum atomic E-state index is -0.965. The fourth-order valence-corrected chi connectivity index (χ4v) is 1.66. The van der Waals surface area contributed by atoms with E-state index in [9.17, 15) is 4.79 Å². The molecule has 0 atom stereocenters. The Hall–Kier alpha value is -1.58. The lowest BCUT2D eigenvalue weighted by molar-refractivity contribution is 0.0691. The fraction of sp³-hybridized carbons (Fsp3) is 0.455. The average molecular weight is 206 g/mol. The van der Waals surface area contributed by atoms with E-state index in [1.807, 2.05) is 11.9 Å². The molecule has 1 aromatic heterocycles. The molecule has 4 heteroatoms. The molecule has 1 aromatic rings. The molecule has 0 saturated heterocycles. The summed E-state index contributed by atoms with van der Waals surface area (Å²) in [5.41, 5.74) is 0.845. The molecular weight excluding hydrogens is 192 g/mol. The van der Waals surface area contributed by atoms with Gasteiger partial charge in [0.2, 0.25) is 0 Å². The van der Waals surface area contributed by atoms with Crippen molar-refractivity contribution in [2.45, 2.75) is 12.8 Å². The van der Waals surface area contributed by atoms with Gasteiger partial charge in [-0.2, -0.15) is 0 Å². The van der Waals surface area contributed by atoms with Gasteiger partial charge in [0.15, 0.2) is 5.69 Å². The Morgan fingerprint density at radius 2 is 2.40 bits per heavy atom. The van der Waals surface area contributed by atoms with Gasteiger partial charge in [0.25, 0.3) is 0 Å². The van der Waals surface area contributed by atoms with Crippen molar-refractivity contribution in [2.75, 3.05) is 18.5 Å². The highest BCUT2D eigenvalue weighted by atomic mass is 16.4. The van der Waals surface area contributed by atoms with E-state index >= 15 is 0 Å². The number of carbonyl (C=O) groups is 1. The van der Waals surface area contributed by atoms with Gasteiger partial charge < -0.3 is 10.0 Å². The molecule has 0 unspecified atom stereocenters. The third-order valence-electron chi connectivity index (χ3n) is 2.63. The SMILES string of the molecule is CN(CC1CC1)c1cccnc1C(=O)O. The lowest BCUT2D eigenvalue weighted by Gasteiger charge is -2.19. The van der Waals surface area contributed by atoms with Crippen molar-refractivity contribution in [3.63, 3.8) is 0 Å². The summed E-state index contributed by atoms with van der Waals surface area (Å²) in [6.45, 7) is 0.923. The summed E-state index contributed by atoms with van der Waals surface area (Å²) in [5, 5.41) is 8.98. The van der Waals surface area contributed by atoms with Crippen LogP contribution in [0.4, 0.5) is 5.69 Å². The van der Waals surface area contributed by atoms with Gasteiger partial charge in [0, 0.05) is 19.8 Å². The normalized spacial score (nSPS) is 15.0. The van der Waals surface area contributed by atoms with E-state index < -0.39 is 5.97 Å². The Bertz CT molecular complexity index is 375. The number of nitrogens with zero attached hydrogens (tertiary/aromatic N) is 2. The highest BCUT2D eigenvalue weighted by Crippen LogP contribution is 2.31. The Labute approximate surface area is 88.6 Å². The van der Waals surface area contributed by atoms with Gasteiger partial charge in [-0.25, -0.2) is 9.78 Å². The average Bonchev–Trinajstić information content (AvgIpc) is 3.01. The molecule has 0 bridgehead atoms. The summed E-state index contributed by atoms with van der Waals surface area (Å²) in [7, 11) is 1.92. The molecule has 0 aliphatic heterocycles. The number of carboxylic acids is 1. The Kier molecular flexibility index (Phi) is 2.58. The molecule has 0 amide bonds. The summed E-state index contributed by atoms with van der Waals surface area (Å²) in [4.78, 5) is 16.8. The molecule has 0 aromatic carbocycles. The van der Waals surface area contributed by atoms with Crippen molar-refractivity contribution in [2.24, 2.45) is 5.92 Å². The maximum Gasteiger partial charge on any atom is 0.356 e. The number of hydrogen-bond donors (Lipinski definition) is 1. The van der Waals surface area contributed by atoms with Crippen LogP contribution in [0.15, 0.2) is 18.3 Å². The molecule has 15 heavy (non-hydrogen) atoms. The molecular formula is C11H14N2O2. The highest BCUT2D eigenvalue weighted by molar-refractivity contribution is 5.92. The van der Waals surface area contributed by atoms with Crippen LogP contribution in [0.2, 0.25) is 0 Å². The minimum absolute atomic E-state index is 0.139. The van der Waals surface area contributed by atoms with Crippen molar-refractivity contribution < 1.29 is 9.90 Å². The number of rotatable bonds is 4. The van der Waals surface area contributed by atoms with Gasteiger partial charge in [-0.1, -0.05) is 0 Å². The summed E-state index contributed by atoms with van der Waals surface area (Å²) in [6, 6.07) is 3.57. The van der Waals surface area contributed by atoms with Crippen LogP contribution in [-0.2, 0) is 0 Å². The van der Waals surface area contributed by atoms with Gasteiger partial charge in [0.1, 0.15) is 0 Å². The van der Waals surface area contributed by atoms with Crippen molar-refractivity contribution >= 4 is 11.7 Å². The molecule has 1 aliphatic carbocycles. The van der Waals surface area contributed by atoms with E-state index in [0.717, 1.165) is 12.5 Å². The predicted octanol–water partition coefficient (Wildman–Crippen LogP) is 1.63. The first kappa shape index (κ1) is 9.96. The van der Waals surface area contributed by atoms with E-state index in [1.165, 1.54) is 19.0 Å². The van der Waals surface area contributed by atoms with Crippen LogP contribution in [0.1, 0.15) is 23.3 Å². The number of pyridine rings is 1. The summed E-state index contributed by atoms with van der Waals surface area (Å²) in [5.74, 6) is -0.231. The zero-order valence-electron chi connectivity index (χ0n) is 8.68. The van der Waals surface area contributed by atoms with E-state index in [4.69, 9.17) is 5.11 Å². The largest absolute Gasteiger partial charge is 0.476 e. The first-order valence-electron chi connectivity index (χ1n) is 5.08. The Morgan fingerprint density at radius 1 is 1.67 bits per heavy atom. The van der Waals surface area contributed by atoms with Gasteiger partial charge in [-0.3, -0.25) is 0 Å². The molecule has 1 fully saturated rings. The van der Waals surface area contributed by atoms with E-state index in [-0.39, 0.29) is 5.69 Å². The molecule has 0 spiro atoms. The summed E-state index contributed by atoms with van der Waals surface area (Å²) >= 11 is 0. The second-order valence-corrected chi connectivity index (χ2v) is 4.00. The zero-order chi connectivity index (χ0) is 10.8. The maximum absolute atomic E-state index is 10.9. The van der Waals surface area contributed by atoms with Gasteiger partial charge in [-0.15, -0.1) is 0 Å². The van der Waals surface area contributed by atoms with Gasteiger partial charge in [0.05, 0.1) is 5.69 Å². The molecule has 1 aliphatic rings. The smallest absolute Gasteiger partial charge is 0.356 e. The second kappa shape index (κ2) is 3.88. The molecule has 1 saturated carbocycles. The van der Waals surface area contributed by atoms with Crippen LogP contribution < -0.4 is 4.90 Å². The van der Waals surface area contributed by atoms with Crippen LogP contribution in [-0.4, -0.2) is 29.7 Å². The summed E-state index contributed by atoms with van der Waals surface area (Å²) < 4.78 is 0. The van der Waals surface area contributed by atoms with Crippen LogP contribution >= 0.6 is 0 Å². The molecule has 4 nitrogen and oxygen atoms in total. The van der Waals surface area contributed by atoms with E-state index in [2.05, 4.69) is 4.98 Å². The number of aromatic carboxylic acids is 1. The highest BCUT2D eigenvalue weighted by Gasteiger charge is 2.24. The van der Waals surface area contributed by atoms with Gasteiger partial charge >= 0.3 is 5.97 Å². The monoisotopic (exact) mass is 206 g/mol. The lowest BCUT2D eigenvalue weighted by atomic mass is 10.2. The molecule has 1 heterocycles.